The van der Waals surface area contributed by atoms with Gasteiger partial charge in [0.1, 0.15) is 5.75 Å². The molecule has 0 amide bonds. The molecule has 0 saturated carbocycles. The number of phenolic OH excluding ortho intramolecular Hbond substituents is 1. The third-order valence-electron chi connectivity index (χ3n) is 4.76. The zero-order valence-electron chi connectivity index (χ0n) is 16.0. The lowest BCUT2D eigenvalue weighted by atomic mass is 9.94. The second-order valence-corrected chi connectivity index (χ2v) is 6.48. The van der Waals surface area contributed by atoms with Gasteiger partial charge < -0.3 is 10.2 Å². The van der Waals surface area contributed by atoms with Gasteiger partial charge >= 0.3 is 0 Å². The molecule has 1 aromatic carbocycles. The zero-order valence-corrected chi connectivity index (χ0v) is 16.0. The van der Waals surface area contributed by atoms with Crippen LogP contribution >= 0.6 is 0 Å². The number of rotatable bonds is 6. The molecule has 0 aromatic heterocycles. The zero-order chi connectivity index (χ0) is 18.3. The molecule has 0 radical (unpaired) electrons. The van der Waals surface area contributed by atoms with Crippen molar-refractivity contribution < 1.29 is 10.2 Å². The molecule has 0 saturated heterocycles. The largest absolute Gasteiger partial charge is 0.507 e. The van der Waals surface area contributed by atoms with Crippen LogP contribution in [0.25, 0.3) is 12.2 Å². The minimum absolute atomic E-state index is 0.131. The molecule has 0 aliphatic carbocycles. The number of benzene rings is 1. The minimum atomic E-state index is 0.131. The Labute approximate surface area is 146 Å². The second kappa shape index (κ2) is 9.48. The molecule has 0 bridgehead atoms. The van der Waals surface area contributed by atoms with Crippen LogP contribution in [0.15, 0.2) is 23.3 Å². The van der Waals surface area contributed by atoms with Crippen molar-refractivity contribution in [3.63, 3.8) is 0 Å². The fourth-order valence-electron chi connectivity index (χ4n) is 3.00. The fourth-order valence-corrected chi connectivity index (χ4v) is 3.00. The van der Waals surface area contributed by atoms with Gasteiger partial charge in [0.05, 0.1) is 6.61 Å². The Bertz CT molecular complexity index is 749. The highest BCUT2D eigenvalue weighted by Gasteiger charge is 2.10. The number of hydrogen-bond acceptors (Lipinski definition) is 2. The average Bonchev–Trinajstić information content (AvgIpc) is 2.57. The Morgan fingerprint density at radius 3 is 2.08 bits per heavy atom. The van der Waals surface area contributed by atoms with Crippen LogP contribution in [0.2, 0.25) is 0 Å². The van der Waals surface area contributed by atoms with Gasteiger partial charge in [-0.05, 0) is 77.2 Å². The smallest absolute Gasteiger partial charge is 0.126 e. The second-order valence-electron chi connectivity index (χ2n) is 6.48. The average molecular weight is 328 g/mol. The van der Waals surface area contributed by atoms with E-state index in [2.05, 4.69) is 39.0 Å². The summed E-state index contributed by atoms with van der Waals surface area (Å²) in [7, 11) is 0. The van der Waals surface area contributed by atoms with Crippen LogP contribution in [0.5, 0.6) is 5.75 Å². The van der Waals surface area contributed by atoms with E-state index in [4.69, 9.17) is 5.11 Å². The van der Waals surface area contributed by atoms with Gasteiger partial charge in [-0.25, -0.2) is 0 Å². The molecule has 1 rings (SSSR count). The lowest BCUT2D eigenvalue weighted by molar-refractivity contribution is 0.331. The number of aromatic hydroxyl groups is 1. The summed E-state index contributed by atoms with van der Waals surface area (Å²) in [5.74, 6) is 0.411. The Kier molecular flexibility index (Phi) is 8.00. The van der Waals surface area contributed by atoms with Crippen LogP contribution in [0.4, 0.5) is 0 Å². The lowest BCUT2D eigenvalue weighted by Crippen LogP contribution is -2.29. The molecule has 0 atom stereocenters. The molecule has 0 aliphatic heterocycles. The molecule has 2 nitrogen and oxygen atoms in total. The summed E-state index contributed by atoms with van der Waals surface area (Å²) >= 11 is 0. The van der Waals surface area contributed by atoms with E-state index in [-0.39, 0.29) is 6.61 Å². The summed E-state index contributed by atoms with van der Waals surface area (Å²) in [6.07, 6.45) is 11.0. The minimum Gasteiger partial charge on any atom is -0.507 e. The molecule has 0 heterocycles. The van der Waals surface area contributed by atoms with E-state index in [0.717, 1.165) is 40.8 Å². The van der Waals surface area contributed by atoms with Crippen molar-refractivity contribution in [1.82, 2.24) is 0 Å². The Morgan fingerprint density at radius 2 is 1.54 bits per heavy atom. The summed E-state index contributed by atoms with van der Waals surface area (Å²) in [6, 6.07) is 0. The molecule has 2 heteroatoms. The monoisotopic (exact) mass is 328 g/mol. The molecular weight excluding hydrogens is 296 g/mol. The van der Waals surface area contributed by atoms with E-state index < -0.39 is 0 Å². The number of aliphatic hydroxyl groups is 1. The van der Waals surface area contributed by atoms with E-state index in [1.54, 1.807) is 0 Å². The van der Waals surface area contributed by atoms with Gasteiger partial charge in [0.2, 0.25) is 0 Å². The van der Waals surface area contributed by atoms with Gasteiger partial charge in [-0.15, -0.1) is 0 Å². The van der Waals surface area contributed by atoms with E-state index in [0.29, 0.717) is 5.75 Å². The molecule has 132 valence electrons. The number of phenols is 1. The van der Waals surface area contributed by atoms with Gasteiger partial charge in [0.15, 0.2) is 0 Å². The van der Waals surface area contributed by atoms with Gasteiger partial charge in [-0.2, -0.15) is 0 Å². The summed E-state index contributed by atoms with van der Waals surface area (Å²) in [4.78, 5) is 0. The van der Waals surface area contributed by atoms with Crippen molar-refractivity contribution >= 4 is 12.2 Å². The molecule has 1 aromatic rings. The first-order chi connectivity index (χ1) is 11.4. The van der Waals surface area contributed by atoms with Crippen molar-refractivity contribution in [3.05, 3.63) is 50.4 Å². The quantitative estimate of drug-likeness (QED) is 0.780. The van der Waals surface area contributed by atoms with E-state index in [1.165, 1.54) is 16.7 Å². The van der Waals surface area contributed by atoms with Crippen molar-refractivity contribution in [2.75, 3.05) is 6.61 Å². The molecule has 0 aliphatic rings. The predicted molar refractivity (Wildman–Crippen MR) is 105 cm³/mol. The van der Waals surface area contributed by atoms with E-state index in [1.807, 2.05) is 26.8 Å². The van der Waals surface area contributed by atoms with Crippen molar-refractivity contribution in [2.45, 2.75) is 60.8 Å². The first-order valence-corrected chi connectivity index (χ1v) is 8.73. The van der Waals surface area contributed by atoms with E-state index >= 15 is 0 Å². The first-order valence-electron chi connectivity index (χ1n) is 8.73. The maximum Gasteiger partial charge on any atom is 0.126 e. The highest BCUT2D eigenvalue weighted by Crippen LogP contribution is 2.20. The molecular formula is C22H32O2. The van der Waals surface area contributed by atoms with Crippen LogP contribution in [-0.2, 0) is 6.42 Å². The van der Waals surface area contributed by atoms with Crippen LogP contribution in [0.3, 0.4) is 0 Å². The summed E-state index contributed by atoms with van der Waals surface area (Å²) in [5.41, 5.74) is 5.76. The number of hydrogen-bond donors (Lipinski definition) is 2. The number of aliphatic hydroxyl groups excluding tert-OH is 1. The standard InChI is InChI=1S/C22H32O2/c1-7-19-17(5)18(6)21(22(24)20(19)8-2)13-12-15(3)10-9-11-16(4)14-23/h7-8,11-12,23-24H,9-10,13-14H2,1-6H3/b15-12+,16-11+,19-7-,20-8+. The normalized spacial score (nSPS) is 14.6. The molecule has 0 fully saturated rings. The van der Waals surface area contributed by atoms with Crippen molar-refractivity contribution in [3.8, 4) is 5.75 Å². The summed E-state index contributed by atoms with van der Waals surface area (Å²) < 4.78 is 0. The highest BCUT2D eigenvalue weighted by molar-refractivity contribution is 5.51. The maximum absolute atomic E-state index is 10.7. The van der Waals surface area contributed by atoms with E-state index in [9.17, 15) is 5.11 Å². The van der Waals surface area contributed by atoms with Gasteiger partial charge in [-0.1, -0.05) is 35.5 Å². The molecule has 0 spiro atoms. The van der Waals surface area contributed by atoms with Crippen LogP contribution in [-0.4, -0.2) is 16.8 Å². The maximum atomic E-state index is 10.7. The molecule has 0 unspecified atom stereocenters. The topological polar surface area (TPSA) is 40.5 Å². The first kappa shape index (κ1) is 20.2. The Morgan fingerprint density at radius 1 is 0.917 bits per heavy atom. The van der Waals surface area contributed by atoms with Gasteiger partial charge in [0, 0.05) is 10.8 Å². The Balaban J connectivity index is 3.09. The lowest BCUT2D eigenvalue weighted by Gasteiger charge is -2.13. The van der Waals surface area contributed by atoms with Crippen LogP contribution in [0, 0.1) is 13.8 Å². The third-order valence-corrected chi connectivity index (χ3v) is 4.76. The summed E-state index contributed by atoms with van der Waals surface area (Å²) in [5, 5.41) is 21.8. The third kappa shape index (κ3) is 4.85. The molecule has 24 heavy (non-hydrogen) atoms. The predicted octanol–water partition coefficient (Wildman–Crippen LogP) is 3.82. The van der Waals surface area contributed by atoms with Crippen LogP contribution < -0.4 is 10.4 Å². The van der Waals surface area contributed by atoms with Crippen molar-refractivity contribution in [1.29, 1.82) is 0 Å². The Hall–Kier alpha value is -1.80. The fraction of sp³-hybridized carbons (Fsp3) is 0.455. The highest BCUT2D eigenvalue weighted by atomic mass is 16.3. The number of allylic oxidation sites excluding steroid dienone is 3. The van der Waals surface area contributed by atoms with Gasteiger partial charge in [-0.3, -0.25) is 0 Å². The van der Waals surface area contributed by atoms with Crippen LogP contribution in [0.1, 0.15) is 57.2 Å². The SMILES string of the molecule is C/C=c1/c(C)c(C)c(C/C=C(\C)CC/C=C(\C)CO)c(O)/c1=C/C. The van der Waals surface area contributed by atoms with Crippen molar-refractivity contribution in [2.24, 2.45) is 0 Å². The molecule has 2 N–H and O–H groups in total. The van der Waals surface area contributed by atoms with Gasteiger partial charge in [0.25, 0.3) is 0 Å². The summed E-state index contributed by atoms with van der Waals surface area (Å²) in [6.45, 7) is 12.4.